The van der Waals surface area contributed by atoms with E-state index < -0.39 is 5.82 Å². The number of hydrogen-bond acceptors (Lipinski definition) is 6. The molecule has 2 aromatic heterocycles. The van der Waals surface area contributed by atoms with Crippen molar-refractivity contribution < 1.29 is 18.6 Å². The SMILES string of the molecule is COc1cc2c(Oc3ccc4[nH]ccc4c3F)ncnc2cc1OCCC1CCN(C)CC1. The van der Waals surface area contributed by atoms with E-state index in [1.165, 1.54) is 19.2 Å². The van der Waals surface area contributed by atoms with Gasteiger partial charge >= 0.3 is 0 Å². The normalized spacial score (nSPS) is 15.2. The standard InChI is InChI=1S/C25H27FN4O3/c1-30-10-6-16(7-11-30)8-12-32-23-14-20-18(13-22(23)31-2)25(29-15-28-20)33-21-4-3-19-17(24(21)26)5-9-27-19/h3-5,9,13-16,27H,6-8,10-12H2,1-2H3. The zero-order chi connectivity index (χ0) is 22.8. The number of piperidine rings is 1. The number of methoxy groups -OCH3 is 1. The number of benzene rings is 2. The van der Waals surface area contributed by atoms with Crippen LogP contribution in [0.5, 0.6) is 23.1 Å². The van der Waals surface area contributed by atoms with Crippen molar-refractivity contribution >= 4 is 21.8 Å². The fraction of sp³-hybridized carbons (Fsp3) is 0.360. The third kappa shape index (κ3) is 4.43. The first-order valence-electron chi connectivity index (χ1n) is 11.2. The Hall–Kier alpha value is -3.39. The summed E-state index contributed by atoms with van der Waals surface area (Å²) in [5.41, 5.74) is 1.34. The van der Waals surface area contributed by atoms with Gasteiger partial charge in [-0.1, -0.05) is 0 Å². The maximum absolute atomic E-state index is 14.9. The van der Waals surface area contributed by atoms with Gasteiger partial charge in [0.15, 0.2) is 23.1 Å². The predicted molar refractivity (Wildman–Crippen MR) is 125 cm³/mol. The highest BCUT2D eigenvalue weighted by molar-refractivity contribution is 5.87. The molecule has 8 heteroatoms. The lowest BCUT2D eigenvalue weighted by molar-refractivity contribution is 0.185. The van der Waals surface area contributed by atoms with E-state index in [0.29, 0.717) is 45.8 Å². The number of nitrogens with one attached hydrogen (secondary N) is 1. The number of ether oxygens (including phenoxy) is 3. The van der Waals surface area contributed by atoms with Gasteiger partial charge in [-0.05, 0) is 69.6 Å². The summed E-state index contributed by atoms with van der Waals surface area (Å²) < 4.78 is 32.4. The molecule has 33 heavy (non-hydrogen) atoms. The molecule has 2 aromatic carbocycles. The van der Waals surface area contributed by atoms with Crippen molar-refractivity contribution in [3.05, 3.63) is 48.7 Å². The molecule has 1 N–H and O–H groups in total. The highest BCUT2D eigenvalue weighted by atomic mass is 19.1. The van der Waals surface area contributed by atoms with E-state index in [2.05, 4.69) is 26.9 Å². The van der Waals surface area contributed by atoms with Crippen LogP contribution in [0.15, 0.2) is 42.9 Å². The minimum absolute atomic E-state index is 0.0968. The monoisotopic (exact) mass is 450 g/mol. The lowest BCUT2D eigenvalue weighted by Gasteiger charge is -2.28. The maximum atomic E-state index is 14.9. The Balaban J connectivity index is 1.37. The van der Waals surface area contributed by atoms with Crippen LogP contribution >= 0.6 is 0 Å². The van der Waals surface area contributed by atoms with Gasteiger partial charge in [-0.2, -0.15) is 0 Å². The van der Waals surface area contributed by atoms with Crippen LogP contribution < -0.4 is 14.2 Å². The Bertz CT molecular complexity index is 1270. The van der Waals surface area contributed by atoms with Crippen LogP contribution in [0.2, 0.25) is 0 Å². The summed E-state index contributed by atoms with van der Waals surface area (Å²) >= 11 is 0. The van der Waals surface area contributed by atoms with Gasteiger partial charge in [0.25, 0.3) is 0 Å². The number of H-pyrrole nitrogens is 1. The Kier molecular flexibility index (Phi) is 6.00. The summed E-state index contributed by atoms with van der Waals surface area (Å²) in [5, 5.41) is 1.08. The minimum Gasteiger partial charge on any atom is -0.493 e. The molecule has 0 bridgehead atoms. The fourth-order valence-electron chi connectivity index (χ4n) is 4.34. The lowest BCUT2D eigenvalue weighted by Crippen LogP contribution is -2.30. The summed E-state index contributed by atoms with van der Waals surface area (Å²) in [6.45, 7) is 2.90. The topological polar surface area (TPSA) is 72.5 Å². The molecule has 0 aliphatic carbocycles. The molecule has 1 aliphatic heterocycles. The highest BCUT2D eigenvalue weighted by Crippen LogP contribution is 2.37. The average molecular weight is 451 g/mol. The molecule has 4 aromatic rings. The molecular weight excluding hydrogens is 423 g/mol. The zero-order valence-electron chi connectivity index (χ0n) is 18.8. The third-order valence-electron chi connectivity index (χ3n) is 6.35. The molecule has 7 nitrogen and oxygen atoms in total. The second kappa shape index (κ2) is 9.23. The number of aromatic nitrogens is 3. The summed E-state index contributed by atoms with van der Waals surface area (Å²) in [6.07, 6.45) is 6.51. The van der Waals surface area contributed by atoms with Gasteiger partial charge in [-0.15, -0.1) is 0 Å². The van der Waals surface area contributed by atoms with Crippen LogP contribution in [0.25, 0.3) is 21.8 Å². The first kappa shape index (κ1) is 21.5. The molecule has 3 heterocycles. The van der Waals surface area contributed by atoms with E-state index in [1.54, 1.807) is 37.6 Å². The van der Waals surface area contributed by atoms with Crippen molar-refractivity contribution in [2.45, 2.75) is 19.3 Å². The van der Waals surface area contributed by atoms with Gasteiger partial charge in [-0.25, -0.2) is 14.4 Å². The molecule has 1 fully saturated rings. The number of nitrogens with zero attached hydrogens (tertiary/aromatic N) is 3. The maximum Gasteiger partial charge on any atom is 0.230 e. The molecule has 172 valence electrons. The van der Waals surface area contributed by atoms with Crippen molar-refractivity contribution in [2.75, 3.05) is 33.9 Å². The lowest BCUT2D eigenvalue weighted by atomic mass is 9.94. The molecule has 0 atom stereocenters. The predicted octanol–water partition coefficient (Wildman–Crippen LogP) is 5.16. The van der Waals surface area contributed by atoms with E-state index >= 15 is 0 Å². The molecular formula is C25H27FN4O3. The molecule has 0 amide bonds. The Morgan fingerprint density at radius 1 is 1.06 bits per heavy atom. The largest absolute Gasteiger partial charge is 0.493 e. The number of rotatable bonds is 7. The molecule has 0 spiro atoms. The Morgan fingerprint density at radius 2 is 1.91 bits per heavy atom. The summed E-state index contributed by atoms with van der Waals surface area (Å²) in [5.74, 6) is 1.78. The summed E-state index contributed by atoms with van der Waals surface area (Å²) in [6, 6.07) is 8.63. The van der Waals surface area contributed by atoms with Gasteiger partial charge < -0.3 is 24.1 Å². The number of likely N-dealkylation sites (tertiary alicyclic amines) is 1. The van der Waals surface area contributed by atoms with Crippen LogP contribution in [-0.4, -0.2) is 53.7 Å². The number of aromatic amines is 1. The van der Waals surface area contributed by atoms with Gasteiger partial charge in [0.1, 0.15) is 6.33 Å². The second-order valence-corrected chi connectivity index (χ2v) is 8.50. The van der Waals surface area contributed by atoms with Gasteiger partial charge in [0.2, 0.25) is 5.88 Å². The van der Waals surface area contributed by atoms with Crippen molar-refractivity contribution in [2.24, 2.45) is 5.92 Å². The minimum atomic E-state index is -0.443. The molecule has 5 rings (SSSR count). The van der Waals surface area contributed by atoms with E-state index in [9.17, 15) is 4.39 Å². The highest BCUT2D eigenvalue weighted by Gasteiger charge is 2.18. The van der Waals surface area contributed by atoms with Crippen molar-refractivity contribution in [1.29, 1.82) is 0 Å². The summed E-state index contributed by atoms with van der Waals surface area (Å²) in [4.78, 5) is 14.0. The van der Waals surface area contributed by atoms with Crippen LogP contribution in [0.3, 0.4) is 0 Å². The number of fused-ring (bicyclic) bond motifs is 2. The van der Waals surface area contributed by atoms with E-state index in [1.807, 2.05) is 6.07 Å². The quantitative estimate of drug-likeness (QED) is 0.419. The van der Waals surface area contributed by atoms with Crippen LogP contribution in [0, 0.1) is 11.7 Å². The van der Waals surface area contributed by atoms with E-state index in [4.69, 9.17) is 14.2 Å². The smallest absolute Gasteiger partial charge is 0.230 e. The first-order valence-corrected chi connectivity index (χ1v) is 11.2. The molecule has 0 radical (unpaired) electrons. The first-order chi connectivity index (χ1) is 16.1. The summed E-state index contributed by atoms with van der Waals surface area (Å²) in [7, 11) is 3.76. The third-order valence-corrected chi connectivity index (χ3v) is 6.35. The van der Waals surface area contributed by atoms with E-state index in [0.717, 1.165) is 19.5 Å². The average Bonchev–Trinajstić information content (AvgIpc) is 3.31. The number of hydrogen-bond donors (Lipinski definition) is 1. The van der Waals surface area contributed by atoms with Crippen LogP contribution in [0.4, 0.5) is 4.39 Å². The van der Waals surface area contributed by atoms with Crippen LogP contribution in [0.1, 0.15) is 19.3 Å². The molecule has 1 aliphatic rings. The van der Waals surface area contributed by atoms with Crippen molar-refractivity contribution in [1.82, 2.24) is 19.9 Å². The second-order valence-electron chi connectivity index (χ2n) is 8.50. The number of halogens is 1. The van der Waals surface area contributed by atoms with Crippen molar-refractivity contribution in [3.63, 3.8) is 0 Å². The van der Waals surface area contributed by atoms with E-state index in [-0.39, 0.29) is 11.6 Å². The molecule has 0 saturated carbocycles. The Labute approximate surface area is 191 Å². The van der Waals surface area contributed by atoms with Gasteiger partial charge in [0.05, 0.1) is 24.6 Å². The Morgan fingerprint density at radius 3 is 2.73 bits per heavy atom. The van der Waals surface area contributed by atoms with Gasteiger partial charge in [-0.3, -0.25) is 0 Å². The molecule has 0 unspecified atom stereocenters. The van der Waals surface area contributed by atoms with Crippen molar-refractivity contribution in [3.8, 4) is 23.1 Å². The van der Waals surface area contributed by atoms with Gasteiger partial charge in [0, 0.05) is 23.2 Å². The van der Waals surface area contributed by atoms with Crippen LogP contribution in [-0.2, 0) is 0 Å². The molecule has 1 saturated heterocycles. The fourth-order valence-corrected chi connectivity index (χ4v) is 4.34. The zero-order valence-corrected chi connectivity index (χ0v) is 18.8.